The Hall–Kier alpha value is -1.69. The molecule has 0 unspecified atom stereocenters. The quantitative estimate of drug-likeness (QED) is 0.799. The Morgan fingerprint density at radius 2 is 1.94 bits per heavy atom. The van der Waals surface area contributed by atoms with E-state index in [0.29, 0.717) is 17.2 Å². The minimum Gasteiger partial charge on any atom is -0.497 e. The van der Waals surface area contributed by atoms with Crippen molar-refractivity contribution in [2.75, 3.05) is 13.7 Å². The van der Waals surface area contributed by atoms with Gasteiger partial charge in [0.25, 0.3) is 0 Å². The molecule has 1 aliphatic carbocycles. The average molecular weight is 231 g/mol. The Balaban J connectivity index is 2.01. The van der Waals surface area contributed by atoms with Crippen LogP contribution in [0, 0.1) is 17.2 Å². The van der Waals surface area contributed by atoms with Crippen molar-refractivity contribution in [3.63, 3.8) is 0 Å². The molecular weight excluding hydrogens is 214 g/mol. The van der Waals surface area contributed by atoms with E-state index in [1.165, 1.54) is 25.7 Å². The molecule has 0 radical (unpaired) electrons. The summed E-state index contributed by atoms with van der Waals surface area (Å²) in [5.74, 6) is 2.07. The van der Waals surface area contributed by atoms with Gasteiger partial charge in [-0.25, -0.2) is 0 Å². The molecule has 1 aliphatic rings. The molecule has 1 saturated carbocycles. The fourth-order valence-electron chi connectivity index (χ4n) is 2.23. The average Bonchev–Trinajstić information content (AvgIpc) is 2.89. The highest BCUT2D eigenvalue weighted by Crippen LogP contribution is 2.27. The summed E-state index contributed by atoms with van der Waals surface area (Å²) in [5.41, 5.74) is 0.575. The van der Waals surface area contributed by atoms with E-state index in [1.807, 2.05) is 6.07 Å². The molecule has 1 fully saturated rings. The van der Waals surface area contributed by atoms with E-state index in [1.54, 1.807) is 19.2 Å². The Kier molecular flexibility index (Phi) is 3.87. The van der Waals surface area contributed by atoms with Gasteiger partial charge in [0.05, 0.1) is 25.3 Å². The van der Waals surface area contributed by atoms with Gasteiger partial charge in [0.2, 0.25) is 0 Å². The van der Waals surface area contributed by atoms with Gasteiger partial charge in [-0.1, -0.05) is 12.8 Å². The van der Waals surface area contributed by atoms with Crippen molar-refractivity contribution < 1.29 is 9.47 Å². The predicted molar refractivity (Wildman–Crippen MR) is 65.2 cm³/mol. The van der Waals surface area contributed by atoms with Gasteiger partial charge in [0, 0.05) is 6.07 Å². The van der Waals surface area contributed by atoms with E-state index in [-0.39, 0.29) is 0 Å². The monoisotopic (exact) mass is 231 g/mol. The zero-order chi connectivity index (χ0) is 12.1. The summed E-state index contributed by atoms with van der Waals surface area (Å²) in [6.45, 7) is 0.748. The van der Waals surface area contributed by atoms with Crippen LogP contribution in [-0.4, -0.2) is 13.7 Å². The first-order valence-electron chi connectivity index (χ1n) is 6.04. The van der Waals surface area contributed by atoms with Crippen LogP contribution in [0.2, 0.25) is 0 Å². The van der Waals surface area contributed by atoms with Gasteiger partial charge in [-0.05, 0) is 30.9 Å². The largest absolute Gasteiger partial charge is 0.497 e. The van der Waals surface area contributed by atoms with Crippen LogP contribution < -0.4 is 9.47 Å². The molecule has 0 aromatic heterocycles. The van der Waals surface area contributed by atoms with E-state index in [0.717, 1.165) is 12.4 Å². The van der Waals surface area contributed by atoms with Crippen molar-refractivity contribution in [1.82, 2.24) is 0 Å². The standard InChI is InChI=1S/C14H17NO2/c1-16-13-6-12(9-15)7-14(8-13)17-10-11-4-2-3-5-11/h6-8,11H,2-5,10H2,1H3. The Labute approximate surface area is 102 Å². The number of nitriles is 1. The van der Waals surface area contributed by atoms with Crippen molar-refractivity contribution in [3.05, 3.63) is 23.8 Å². The third kappa shape index (κ3) is 3.13. The van der Waals surface area contributed by atoms with Gasteiger partial charge in [-0.3, -0.25) is 0 Å². The van der Waals surface area contributed by atoms with Crippen LogP contribution in [-0.2, 0) is 0 Å². The molecule has 90 valence electrons. The summed E-state index contributed by atoms with van der Waals surface area (Å²) in [6.07, 6.45) is 5.15. The van der Waals surface area contributed by atoms with Crippen LogP contribution >= 0.6 is 0 Å². The van der Waals surface area contributed by atoms with Gasteiger partial charge in [-0.15, -0.1) is 0 Å². The van der Waals surface area contributed by atoms with Crippen molar-refractivity contribution in [1.29, 1.82) is 5.26 Å². The number of rotatable bonds is 4. The molecule has 0 bridgehead atoms. The van der Waals surface area contributed by atoms with Crippen molar-refractivity contribution in [2.24, 2.45) is 5.92 Å². The van der Waals surface area contributed by atoms with Crippen LogP contribution in [0.4, 0.5) is 0 Å². The maximum absolute atomic E-state index is 8.90. The molecule has 0 heterocycles. The lowest BCUT2D eigenvalue weighted by Crippen LogP contribution is -2.08. The second-order valence-corrected chi connectivity index (χ2v) is 4.47. The first kappa shape index (κ1) is 11.8. The zero-order valence-corrected chi connectivity index (χ0v) is 10.1. The molecule has 0 amide bonds. The molecule has 0 N–H and O–H groups in total. The van der Waals surface area contributed by atoms with Gasteiger partial charge in [0.1, 0.15) is 11.5 Å². The summed E-state index contributed by atoms with van der Waals surface area (Å²) >= 11 is 0. The second-order valence-electron chi connectivity index (χ2n) is 4.47. The number of benzene rings is 1. The summed E-state index contributed by atoms with van der Waals surface area (Å²) < 4.78 is 10.9. The van der Waals surface area contributed by atoms with Crippen molar-refractivity contribution in [2.45, 2.75) is 25.7 Å². The lowest BCUT2D eigenvalue weighted by molar-refractivity contribution is 0.251. The normalized spacial score (nSPS) is 15.5. The SMILES string of the molecule is COc1cc(C#N)cc(OCC2CCCC2)c1. The minimum absolute atomic E-state index is 0.575. The highest BCUT2D eigenvalue weighted by molar-refractivity contribution is 5.43. The number of methoxy groups -OCH3 is 1. The predicted octanol–water partition coefficient (Wildman–Crippen LogP) is 3.14. The molecule has 0 spiro atoms. The first-order chi connectivity index (χ1) is 8.31. The number of nitrogens with zero attached hydrogens (tertiary/aromatic N) is 1. The number of ether oxygens (including phenoxy) is 2. The fraction of sp³-hybridized carbons (Fsp3) is 0.500. The first-order valence-corrected chi connectivity index (χ1v) is 6.04. The Morgan fingerprint density at radius 3 is 2.59 bits per heavy atom. The van der Waals surface area contributed by atoms with Gasteiger partial charge in [0.15, 0.2) is 0 Å². The molecular formula is C14H17NO2. The molecule has 17 heavy (non-hydrogen) atoms. The van der Waals surface area contributed by atoms with Gasteiger partial charge < -0.3 is 9.47 Å². The second kappa shape index (κ2) is 5.58. The maximum atomic E-state index is 8.90. The van der Waals surface area contributed by atoms with Crippen molar-refractivity contribution in [3.8, 4) is 17.6 Å². The summed E-state index contributed by atoms with van der Waals surface area (Å²) in [5, 5.41) is 8.90. The number of hydrogen-bond donors (Lipinski definition) is 0. The van der Waals surface area contributed by atoms with Crippen LogP contribution in [0.5, 0.6) is 11.5 Å². The Bertz CT molecular complexity index is 417. The molecule has 0 atom stereocenters. The van der Waals surface area contributed by atoms with E-state index in [9.17, 15) is 0 Å². The third-order valence-corrected chi connectivity index (χ3v) is 3.21. The summed E-state index contributed by atoms with van der Waals surface area (Å²) in [7, 11) is 1.59. The van der Waals surface area contributed by atoms with Crippen molar-refractivity contribution >= 4 is 0 Å². The molecule has 1 aromatic carbocycles. The van der Waals surface area contributed by atoms with E-state index >= 15 is 0 Å². The number of hydrogen-bond acceptors (Lipinski definition) is 3. The molecule has 0 saturated heterocycles. The maximum Gasteiger partial charge on any atom is 0.124 e. The molecule has 3 nitrogen and oxygen atoms in total. The van der Waals surface area contributed by atoms with Gasteiger partial charge >= 0.3 is 0 Å². The summed E-state index contributed by atoms with van der Waals surface area (Å²) in [4.78, 5) is 0. The Morgan fingerprint density at radius 1 is 1.24 bits per heavy atom. The lowest BCUT2D eigenvalue weighted by Gasteiger charge is -2.12. The van der Waals surface area contributed by atoms with E-state index < -0.39 is 0 Å². The molecule has 2 rings (SSSR count). The van der Waals surface area contributed by atoms with Gasteiger partial charge in [-0.2, -0.15) is 5.26 Å². The van der Waals surface area contributed by atoms with E-state index in [4.69, 9.17) is 14.7 Å². The highest BCUT2D eigenvalue weighted by Gasteiger charge is 2.15. The molecule has 3 heteroatoms. The van der Waals surface area contributed by atoms with Crippen LogP contribution in [0.1, 0.15) is 31.2 Å². The molecule has 1 aromatic rings. The highest BCUT2D eigenvalue weighted by atomic mass is 16.5. The minimum atomic E-state index is 0.575. The van der Waals surface area contributed by atoms with Crippen LogP contribution in [0.25, 0.3) is 0 Å². The smallest absolute Gasteiger partial charge is 0.124 e. The van der Waals surface area contributed by atoms with E-state index in [2.05, 4.69) is 6.07 Å². The third-order valence-electron chi connectivity index (χ3n) is 3.21. The van der Waals surface area contributed by atoms with Crippen LogP contribution in [0.3, 0.4) is 0 Å². The zero-order valence-electron chi connectivity index (χ0n) is 10.1. The molecule has 0 aliphatic heterocycles. The fourth-order valence-corrected chi connectivity index (χ4v) is 2.23. The topological polar surface area (TPSA) is 42.2 Å². The summed E-state index contributed by atoms with van der Waals surface area (Å²) in [6, 6.07) is 7.41. The van der Waals surface area contributed by atoms with Crippen LogP contribution in [0.15, 0.2) is 18.2 Å². The lowest BCUT2D eigenvalue weighted by atomic mass is 10.1.